The maximum Gasteiger partial charge on any atom is 0.291 e. The van der Waals surface area contributed by atoms with E-state index >= 15 is 0 Å². The van der Waals surface area contributed by atoms with Crippen LogP contribution in [0.15, 0.2) is 28.7 Å². The molecule has 2 N–H and O–H groups in total. The highest BCUT2D eigenvalue weighted by Crippen LogP contribution is 2.60. The zero-order valence-corrected chi connectivity index (χ0v) is 20.0. The van der Waals surface area contributed by atoms with Gasteiger partial charge in [0.15, 0.2) is 0 Å². The van der Waals surface area contributed by atoms with Crippen molar-refractivity contribution in [3.05, 3.63) is 30.0 Å². The third-order valence-electron chi connectivity index (χ3n) is 8.51. The topological polar surface area (TPSA) is 101 Å². The lowest BCUT2D eigenvalue weighted by molar-refractivity contribution is -0.146. The smallest absolute Gasteiger partial charge is 0.291 e. The Balaban J connectivity index is 1.11. The van der Waals surface area contributed by atoms with E-state index in [4.69, 9.17) is 9.15 Å². The largest absolute Gasteiger partial charge is 0.449 e. The summed E-state index contributed by atoms with van der Waals surface area (Å²) in [7, 11) is 0. The Morgan fingerprint density at radius 2 is 1.63 bits per heavy atom. The molecule has 3 amide bonds. The van der Waals surface area contributed by atoms with Crippen molar-refractivity contribution in [1.82, 2.24) is 10.2 Å². The van der Waals surface area contributed by atoms with Crippen molar-refractivity contribution in [2.75, 3.05) is 38.2 Å². The predicted molar refractivity (Wildman–Crippen MR) is 130 cm³/mol. The number of anilines is 1. The second kappa shape index (κ2) is 8.97. The number of furan rings is 1. The summed E-state index contributed by atoms with van der Waals surface area (Å²) in [6.45, 7) is 2.22. The fraction of sp³-hybridized carbons (Fsp3) is 0.593. The average molecular weight is 480 g/mol. The first-order valence-corrected chi connectivity index (χ1v) is 13.0. The lowest BCUT2D eigenvalue weighted by Gasteiger charge is -2.55. The van der Waals surface area contributed by atoms with Gasteiger partial charge >= 0.3 is 0 Å². The van der Waals surface area contributed by atoms with Gasteiger partial charge in [-0.1, -0.05) is 12.1 Å². The maximum atomic E-state index is 13.2. The number of para-hydroxylation sites is 1. The number of ether oxygens (including phenoxy) is 1. The van der Waals surface area contributed by atoms with Gasteiger partial charge in [0.05, 0.1) is 13.2 Å². The van der Waals surface area contributed by atoms with E-state index in [1.165, 1.54) is 19.3 Å². The van der Waals surface area contributed by atoms with Crippen molar-refractivity contribution in [1.29, 1.82) is 0 Å². The Kier molecular flexibility index (Phi) is 5.79. The van der Waals surface area contributed by atoms with Crippen LogP contribution >= 0.6 is 0 Å². The van der Waals surface area contributed by atoms with Crippen LogP contribution in [0.2, 0.25) is 0 Å². The minimum absolute atomic E-state index is 0.126. The van der Waals surface area contributed by atoms with Crippen molar-refractivity contribution < 1.29 is 23.5 Å². The predicted octanol–water partition coefficient (Wildman–Crippen LogP) is 3.57. The van der Waals surface area contributed by atoms with E-state index in [0.717, 1.165) is 19.3 Å². The van der Waals surface area contributed by atoms with Gasteiger partial charge in [-0.2, -0.15) is 0 Å². The first-order chi connectivity index (χ1) is 17.0. The van der Waals surface area contributed by atoms with Crippen molar-refractivity contribution >= 4 is 34.4 Å². The molecule has 1 aromatic carbocycles. The summed E-state index contributed by atoms with van der Waals surface area (Å²) in [5.74, 6) is 1.86. The van der Waals surface area contributed by atoms with E-state index in [1.54, 1.807) is 11.0 Å². The van der Waals surface area contributed by atoms with E-state index in [2.05, 4.69) is 10.6 Å². The van der Waals surface area contributed by atoms with Crippen molar-refractivity contribution in [2.24, 2.45) is 23.2 Å². The lowest BCUT2D eigenvalue weighted by atomic mass is 9.49. The molecule has 4 aliphatic carbocycles. The van der Waals surface area contributed by atoms with Crippen molar-refractivity contribution in [2.45, 2.75) is 44.9 Å². The summed E-state index contributed by atoms with van der Waals surface area (Å²) in [5, 5.41) is 6.65. The van der Waals surface area contributed by atoms with E-state index < -0.39 is 0 Å². The molecule has 186 valence electrons. The fourth-order valence-corrected chi connectivity index (χ4v) is 7.30. The highest BCUT2D eigenvalue weighted by Gasteiger charge is 2.54. The van der Waals surface area contributed by atoms with Gasteiger partial charge in [-0.3, -0.25) is 14.4 Å². The number of hydrogen-bond donors (Lipinski definition) is 2. The van der Waals surface area contributed by atoms with Crippen LogP contribution in [-0.2, 0) is 14.3 Å². The van der Waals surface area contributed by atoms with Crippen molar-refractivity contribution in [3.63, 3.8) is 0 Å². The van der Waals surface area contributed by atoms with Gasteiger partial charge in [-0.25, -0.2) is 0 Å². The highest BCUT2D eigenvalue weighted by atomic mass is 16.5. The van der Waals surface area contributed by atoms with Gasteiger partial charge in [0.2, 0.25) is 17.6 Å². The Morgan fingerprint density at radius 3 is 2.31 bits per heavy atom. The third-order valence-corrected chi connectivity index (χ3v) is 8.51. The fourth-order valence-electron chi connectivity index (χ4n) is 7.30. The number of carbonyl (C=O) groups is 3. The van der Waals surface area contributed by atoms with Crippen LogP contribution < -0.4 is 10.6 Å². The SMILES string of the molecule is O=C(CCNC(=O)C12CC3CC(CC(C3)C1)C2)Nc1c(C(=O)N2CCOCC2)oc2ccccc12. The molecule has 0 radical (unpaired) electrons. The summed E-state index contributed by atoms with van der Waals surface area (Å²) >= 11 is 0. The third kappa shape index (κ3) is 4.22. The highest BCUT2D eigenvalue weighted by molar-refractivity contribution is 6.10. The Bertz CT molecular complexity index is 1110. The Hall–Kier alpha value is -2.87. The summed E-state index contributed by atoms with van der Waals surface area (Å²) in [6.07, 6.45) is 7.03. The lowest BCUT2D eigenvalue weighted by Crippen LogP contribution is -2.53. The first kappa shape index (κ1) is 22.6. The summed E-state index contributed by atoms with van der Waals surface area (Å²) in [4.78, 5) is 40.9. The van der Waals surface area contributed by atoms with Crippen LogP contribution in [-0.4, -0.2) is 55.5 Å². The summed E-state index contributed by atoms with van der Waals surface area (Å²) in [5.41, 5.74) is 0.730. The summed E-state index contributed by atoms with van der Waals surface area (Å²) in [6, 6.07) is 7.30. The zero-order chi connectivity index (χ0) is 24.0. The molecule has 7 rings (SSSR count). The standard InChI is InChI=1S/C27H33N3O5/c31-22(5-6-28-26(33)27-14-17-11-18(15-27)13-19(12-17)16-27)29-23-20-3-1-2-4-21(20)35-24(23)25(32)30-7-9-34-10-8-30/h1-4,17-19H,5-16H2,(H,28,33)(H,29,31). The first-order valence-electron chi connectivity index (χ1n) is 13.0. The molecule has 2 aromatic rings. The van der Waals surface area contributed by atoms with Crippen LogP contribution in [0.1, 0.15) is 55.5 Å². The number of rotatable bonds is 6. The number of fused-ring (bicyclic) bond motifs is 1. The molecule has 8 nitrogen and oxygen atoms in total. The monoisotopic (exact) mass is 479 g/mol. The molecule has 0 atom stereocenters. The number of carbonyl (C=O) groups excluding carboxylic acids is 3. The van der Waals surface area contributed by atoms with Gasteiger partial charge < -0.3 is 24.7 Å². The van der Waals surface area contributed by atoms with Crippen LogP contribution in [0.4, 0.5) is 5.69 Å². The minimum atomic E-state index is -0.255. The number of nitrogens with zero attached hydrogens (tertiary/aromatic N) is 1. The maximum absolute atomic E-state index is 13.2. The second-order valence-electron chi connectivity index (χ2n) is 11.0. The van der Waals surface area contributed by atoms with E-state index in [9.17, 15) is 14.4 Å². The number of nitrogens with one attached hydrogen (secondary N) is 2. The average Bonchev–Trinajstić information content (AvgIpc) is 3.21. The molecule has 4 saturated carbocycles. The molecule has 8 heteroatoms. The molecule has 1 aliphatic heterocycles. The van der Waals surface area contributed by atoms with Crippen LogP contribution in [0.25, 0.3) is 11.0 Å². The molecular formula is C27H33N3O5. The Labute approximate surface area is 204 Å². The van der Waals surface area contributed by atoms with Gasteiger partial charge in [-0.05, 0) is 68.4 Å². The molecular weight excluding hydrogens is 446 g/mol. The van der Waals surface area contributed by atoms with Crippen LogP contribution in [0.5, 0.6) is 0 Å². The summed E-state index contributed by atoms with van der Waals surface area (Å²) < 4.78 is 11.2. The number of hydrogen-bond acceptors (Lipinski definition) is 5. The quantitative estimate of drug-likeness (QED) is 0.660. The van der Waals surface area contributed by atoms with E-state index in [0.29, 0.717) is 60.7 Å². The molecule has 5 aliphatic rings. The van der Waals surface area contributed by atoms with Gasteiger partial charge in [0.25, 0.3) is 5.91 Å². The normalized spacial score (nSPS) is 29.4. The number of amides is 3. The Morgan fingerprint density at radius 1 is 0.971 bits per heavy atom. The minimum Gasteiger partial charge on any atom is -0.449 e. The molecule has 0 unspecified atom stereocenters. The van der Waals surface area contributed by atoms with Crippen LogP contribution in [0, 0.1) is 23.2 Å². The number of benzene rings is 1. The molecule has 0 spiro atoms. The van der Waals surface area contributed by atoms with Crippen LogP contribution in [0.3, 0.4) is 0 Å². The van der Waals surface area contributed by atoms with E-state index in [-0.39, 0.29) is 41.9 Å². The van der Waals surface area contributed by atoms with Gasteiger partial charge in [0, 0.05) is 36.9 Å². The van der Waals surface area contributed by atoms with Crippen molar-refractivity contribution in [3.8, 4) is 0 Å². The molecule has 1 aromatic heterocycles. The molecule has 2 heterocycles. The van der Waals surface area contributed by atoms with Gasteiger partial charge in [-0.15, -0.1) is 0 Å². The second-order valence-corrected chi connectivity index (χ2v) is 11.0. The molecule has 1 saturated heterocycles. The van der Waals surface area contributed by atoms with E-state index in [1.807, 2.05) is 18.2 Å². The molecule has 5 fully saturated rings. The zero-order valence-electron chi connectivity index (χ0n) is 20.0. The molecule has 4 bridgehead atoms. The molecule has 35 heavy (non-hydrogen) atoms. The van der Waals surface area contributed by atoms with Gasteiger partial charge in [0.1, 0.15) is 11.3 Å². The number of morpholine rings is 1.